The zero-order chi connectivity index (χ0) is 82.7. The number of nitrogens with one attached hydrogen (secondary N) is 14. The molecule has 0 saturated carbocycles. The maximum absolute atomic E-state index is 14.0. The Bertz CT molecular complexity index is 3150. The Morgan fingerprint density at radius 3 is 1.01 bits per heavy atom. The Morgan fingerprint density at radius 2 is 0.657 bits per heavy atom. The van der Waals surface area contributed by atoms with Gasteiger partial charge in [-0.05, 0) is 124 Å². The van der Waals surface area contributed by atoms with Gasteiger partial charge in [0.1, 0.15) is 84.6 Å². The fourth-order valence-electron chi connectivity index (χ4n) is 9.55. The largest absolute Gasteiger partial charge is 0.481 e. The second-order valence-electron chi connectivity index (χ2n) is 25.6. The summed E-state index contributed by atoms with van der Waals surface area (Å²) in [5.41, 5.74) is 22.1. The summed E-state index contributed by atoms with van der Waals surface area (Å²) in [5.74, 6) is -22.1. The van der Waals surface area contributed by atoms with Gasteiger partial charge < -0.3 is 128 Å². The first kappa shape index (κ1) is 97.9. The van der Waals surface area contributed by atoms with Crippen LogP contribution in [0.3, 0.4) is 0 Å². The van der Waals surface area contributed by atoms with E-state index in [0.29, 0.717) is 12.8 Å². The number of unbranched alkanes of at least 4 members (excludes halogenated alkanes) is 2. The van der Waals surface area contributed by atoms with Crippen LogP contribution in [0.25, 0.3) is 0 Å². The predicted octanol–water partition coefficient (Wildman–Crippen LogP) is -10.2. The fourth-order valence-corrected chi connectivity index (χ4v) is 10.1. The normalized spacial score (nSPS) is 15.2. The lowest BCUT2D eigenvalue weighted by Gasteiger charge is -2.27. The molecule has 108 heavy (non-hydrogen) atoms. The summed E-state index contributed by atoms with van der Waals surface area (Å²) in [4.78, 5) is 247. The van der Waals surface area contributed by atoms with Crippen LogP contribution in [-0.4, -0.2) is 277 Å². The third-order valence-electron chi connectivity index (χ3n) is 15.8. The zero-order valence-corrected chi connectivity index (χ0v) is 62.1. The number of aliphatic hydroxyl groups is 2. The van der Waals surface area contributed by atoms with Crippen LogP contribution in [0.4, 0.5) is 0 Å². The Hall–Kier alpha value is -10.1. The van der Waals surface area contributed by atoms with Crippen molar-refractivity contribution in [2.45, 2.75) is 229 Å². The average Bonchev–Trinajstić information content (AvgIpc) is 0.865. The molecule has 0 spiro atoms. The topological polar surface area (TPSA) is 735 Å². The van der Waals surface area contributed by atoms with Crippen molar-refractivity contribution < 1.29 is 126 Å². The number of hydrogen-bond acceptors (Lipinski definition) is 25. The monoisotopic (exact) mass is 1560 g/mol. The van der Waals surface area contributed by atoms with Crippen LogP contribution in [0, 0.1) is 5.92 Å². The summed E-state index contributed by atoms with van der Waals surface area (Å²) >= 11 is 0. The molecule has 0 rings (SSSR count). The van der Waals surface area contributed by atoms with E-state index in [-0.39, 0.29) is 57.4 Å². The van der Waals surface area contributed by atoms with Crippen LogP contribution in [0.2, 0.25) is 0 Å². The number of aliphatic carboxylic acids is 4. The molecule has 0 aromatic carbocycles. The van der Waals surface area contributed by atoms with Crippen molar-refractivity contribution >= 4 is 123 Å². The summed E-state index contributed by atoms with van der Waals surface area (Å²) in [6, 6.07) is -22.1. The molecule has 15 atom stereocenters. The molecule has 0 heterocycles. The Labute approximate surface area is 624 Å². The molecular formula is C63H108N18O26S. The van der Waals surface area contributed by atoms with Gasteiger partial charge in [-0.1, -0.05) is 13.8 Å². The molecule has 0 radical (unpaired) electrons. The number of carbonyl (C=O) groups is 19. The van der Waals surface area contributed by atoms with E-state index in [4.69, 9.17) is 28.0 Å². The van der Waals surface area contributed by atoms with Crippen molar-refractivity contribution in [2.75, 3.05) is 44.9 Å². The first-order chi connectivity index (χ1) is 50.5. The number of hydrogen-bond donors (Lipinski definition) is 24. The van der Waals surface area contributed by atoms with Gasteiger partial charge in [0, 0.05) is 48.5 Å². The lowest BCUT2D eigenvalue weighted by molar-refractivity contribution is -0.143. The molecule has 0 aliphatic rings. The minimum atomic E-state index is -1.87. The molecule has 44 nitrogen and oxygen atoms in total. The molecule has 15 amide bonds. The Morgan fingerprint density at radius 1 is 0.352 bits per heavy atom. The van der Waals surface area contributed by atoms with E-state index < -0.39 is 285 Å². The first-order valence-electron chi connectivity index (χ1n) is 34.6. The molecule has 0 aliphatic carbocycles. The van der Waals surface area contributed by atoms with Crippen molar-refractivity contribution in [2.24, 2.45) is 28.9 Å². The molecule has 28 N–H and O–H groups in total. The van der Waals surface area contributed by atoms with E-state index in [2.05, 4.69) is 74.4 Å². The fraction of sp³-hybridized carbons (Fsp3) is 0.698. The van der Waals surface area contributed by atoms with Crippen molar-refractivity contribution in [3.63, 3.8) is 0 Å². The molecular weight excluding hydrogens is 1460 g/mol. The lowest BCUT2D eigenvalue weighted by Crippen LogP contribution is -2.61. The third-order valence-corrected chi connectivity index (χ3v) is 16.6. The predicted molar refractivity (Wildman–Crippen MR) is 378 cm³/mol. The number of carbonyl (C=O) groups excluding carboxylic acids is 15. The lowest BCUT2D eigenvalue weighted by atomic mass is 10.0. The standard InChI is InChI=1S/C63H108N18O26S/c1-30(2)26-43(80-62(104)44(29-83)81-53(95)34(6)72-57(99)38(14-18-45(67)84)77-60(102)41(22-25-108(7)107)76-54(96)35(66)28-82)61(103)78-40(16-20-48(88)89)59(101)71-32(4)51(93)75-39(15-19-47(86)87)58(100)70-31(3)50(92)74-36(12-8-10-23-64)55(97)68-27-46(85)73-37(13-9-11-24-65)56(98)69-33(5)52(94)79-42(63(105)106)17-21-49(90)91/h30-44,82-83H,8-29,64-66H2,1-7H3,(H2,67,84)(H,68,97)(H,69,98)(H,70,100)(H,71,101)(H,72,99)(H,73,85)(H,74,92)(H,75,93)(H,76,96)(H,77,102)(H,78,103)(H,79,94)(H,80,104)(H,81,95)(H,86,87)(H,88,89)(H,90,91)(H,105,106)/t31-,32-,33-,34-,35-,36-,37-,38-,39-,40-,41-,42-,43-,44-,108?/m0/s1. The van der Waals surface area contributed by atoms with Gasteiger partial charge in [-0.3, -0.25) is 90.5 Å². The van der Waals surface area contributed by atoms with E-state index in [1.807, 2.05) is 0 Å². The smallest absolute Gasteiger partial charge is 0.326 e. The highest BCUT2D eigenvalue weighted by Crippen LogP contribution is 2.11. The first-order valence-corrected chi connectivity index (χ1v) is 36.3. The number of aliphatic hydroxyl groups excluding tert-OH is 2. The van der Waals surface area contributed by atoms with Crippen LogP contribution in [0.1, 0.15) is 144 Å². The van der Waals surface area contributed by atoms with Gasteiger partial charge in [0.05, 0.1) is 19.8 Å². The summed E-state index contributed by atoms with van der Waals surface area (Å²) < 4.78 is 11.9. The number of rotatable bonds is 56. The van der Waals surface area contributed by atoms with Gasteiger partial charge in [-0.25, -0.2) is 4.79 Å². The molecule has 612 valence electrons. The minimum absolute atomic E-state index is 0.0255. The SMILES string of the molecule is CC(C)C[C@H](NC(=O)[C@H](CO)NC(=O)[C@H](C)NC(=O)[C@H](CCC(N)=O)NC(=O)[C@H](CCS(C)=O)NC(=O)[C@@H](N)CO)C(=O)N[C@@H](CCC(=O)O)C(=O)N[C@@H](C)C(=O)N[C@@H](CCC(=O)O)C(=O)N[C@@H](C)C(=O)N[C@@H](CCCCN)C(=O)NCC(=O)N[C@@H](CCCCN)C(=O)N[C@@H](C)C(=O)N[C@@H](CCC(=O)O)C(=O)O. The Kier molecular flexibility index (Phi) is 47.1. The average molecular weight is 1570 g/mol. The van der Waals surface area contributed by atoms with Crippen molar-refractivity contribution in [1.29, 1.82) is 0 Å². The molecule has 0 aromatic rings. The van der Waals surface area contributed by atoms with Gasteiger partial charge >= 0.3 is 23.9 Å². The van der Waals surface area contributed by atoms with E-state index in [1.165, 1.54) is 13.2 Å². The Balaban J connectivity index is 6.42. The number of carboxylic acid groups (broad SMARTS) is 4. The van der Waals surface area contributed by atoms with Crippen LogP contribution >= 0.6 is 0 Å². The summed E-state index contributed by atoms with van der Waals surface area (Å²) in [5, 5.41) is 89.4. The second-order valence-corrected chi connectivity index (χ2v) is 27.2. The van der Waals surface area contributed by atoms with Gasteiger partial charge in [-0.2, -0.15) is 0 Å². The summed E-state index contributed by atoms with van der Waals surface area (Å²) in [6.07, 6.45) is -2.80. The molecule has 0 aliphatic heterocycles. The quantitative estimate of drug-likeness (QED) is 0.0251. The highest BCUT2D eigenvalue weighted by molar-refractivity contribution is 7.84. The molecule has 0 bridgehead atoms. The summed E-state index contributed by atoms with van der Waals surface area (Å²) in [7, 11) is -1.48. The van der Waals surface area contributed by atoms with Crippen LogP contribution in [0.5, 0.6) is 0 Å². The van der Waals surface area contributed by atoms with E-state index in [1.54, 1.807) is 13.8 Å². The molecule has 1 unspecified atom stereocenters. The van der Waals surface area contributed by atoms with Gasteiger partial charge in [0.2, 0.25) is 88.6 Å². The van der Waals surface area contributed by atoms with E-state index in [0.717, 1.165) is 20.8 Å². The molecule has 0 aromatic heterocycles. The highest BCUT2D eigenvalue weighted by atomic mass is 32.2. The maximum atomic E-state index is 14.0. The van der Waals surface area contributed by atoms with Crippen LogP contribution in [0.15, 0.2) is 0 Å². The minimum Gasteiger partial charge on any atom is -0.481 e. The van der Waals surface area contributed by atoms with Gasteiger partial charge in [0.25, 0.3) is 0 Å². The van der Waals surface area contributed by atoms with Crippen molar-refractivity contribution in [1.82, 2.24) is 74.4 Å². The second kappa shape index (κ2) is 52.0. The van der Waals surface area contributed by atoms with Crippen LogP contribution in [-0.2, 0) is 102 Å². The number of nitrogens with two attached hydrogens (primary N) is 4. The third kappa shape index (κ3) is 40.6. The van der Waals surface area contributed by atoms with Crippen molar-refractivity contribution in [3.05, 3.63) is 0 Å². The number of amides is 15. The molecule has 0 saturated heterocycles. The number of carboxylic acids is 4. The van der Waals surface area contributed by atoms with Gasteiger partial charge in [0.15, 0.2) is 0 Å². The van der Waals surface area contributed by atoms with Crippen molar-refractivity contribution in [3.8, 4) is 0 Å². The summed E-state index contributed by atoms with van der Waals surface area (Å²) in [6.45, 7) is 5.40. The van der Waals surface area contributed by atoms with E-state index in [9.17, 15) is 121 Å². The molecule has 0 fully saturated rings. The molecule has 45 heteroatoms. The van der Waals surface area contributed by atoms with Crippen LogP contribution < -0.4 is 97.4 Å². The maximum Gasteiger partial charge on any atom is 0.326 e. The van der Waals surface area contributed by atoms with Gasteiger partial charge in [-0.15, -0.1) is 0 Å². The van der Waals surface area contributed by atoms with E-state index >= 15 is 0 Å². The number of primary amides is 1. The highest BCUT2D eigenvalue weighted by Gasteiger charge is 2.37. The zero-order valence-electron chi connectivity index (χ0n) is 61.3.